The summed E-state index contributed by atoms with van der Waals surface area (Å²) in [4.78, 5) is 103. The highest BCUT2D eigenvalue weighted by atomic mass is 16.4. The highest BCUT2D eigenvalue weighted by Gasteiger charge is 2.26. The predicted molar refractivity (Wildman–Crippen MR) is 352 cm³/mol. The number of nitrogens with zero attached hydrogens (tertiary/aromatic N) is 1. The maximum Gasteiger partial charge on any atom is 0.346 e. The van der Waals surface area contributed by atoms with Crippen LogP contribution in [-0.2, 0) is 12.8 Å². The molecule has 10 aromatic carbocycles. The van der Waals surface area contributed by atoms with Gasteiger partial charge < -0.3 is 36.1 Å². The molecule has 0 atom stereocenters. The molecular weight excluding hydrogens is 1120 g/mol. The summed E-state index contributed by atoms with van der Waals surface area (Å²) in [5, 5.41) is 42.8. The Morgan fingerprint density at radius 1 is 0.352 bits per heavy atom. The van der Waals surface area contributed by atoms with E-state index in [-0.39, 0.29) is 91.7 Å². The topological polar surface area (TPSA) is 292 Å². The van der Waals surface area contributed by atoms with Gasteiger partial charge in [-0.05, 0) is 85.3 Å². The molecule has 16 heteroatoms. The number of aromatic hydroxyl groups is 4. The van der Waals surface area contributed by atoms with Crippen LogP contribution in [0.2, 0.25) is 0 Å². The van der Waals surface area contributed by atoms with Gasteiger partial charge in [0.1, 0.15) is 23.0 Å². The molecule has 0 aliphatic rings. The van der Waals surface area contributed by atoms with Gasteiger partial charge in [0.25, 0.3) is 11.1 Å². The summed E-state index contributed by atoms with van der Waals surface area (Å²) in [6.07, 6.45) is 23.2. The predicted octanol–water partition coefficient (Wildman–Crippen LogP) is 12.9. The van der Waals surface area contributed by atoms with Crippen LogP contribution in [0.3, 0.4) is 0 Å². The summed E-state index contributed by atoms with van der Waals surface area (Å²) >= 11 is 0. The van der Waals surface area contributed by atoms with Gasteiger partial charge in [0.15, 0.2) is 21.7 Å². The van der Waals surface area contributed by atoms with Gasteiger partial charge in [0.2, 0.25) is 0 Å². The summed E-state index contributed by atoms with van der Waals surface area (Å²) < 4.78 is 5.60. The fourth-order valence-corrected chi connectivity index (χ4v) is 12.1. The average Bonchev–Trinajstić information content (AvgIpc) is 1.12. The monoisotopic (exact) mass is 1190 g/mol. The third-order valence-electron chi connectivity index (χ3n) is 16.8. The molecule has 12 aromatic rings. The first kappa shape index (κ1) is 62.7. The molecule has 0 bridgehead atoms. The molecule has 0 spiro atoms. The van der Waals surface area contributed by atoms with Gasteiger partial charge in [0.05, 0.1) is 48.8 Å². The van der Waals surface area contributed by atoms with E-state index in [9.17, 15) is 58.8 Å². The number of hydrogen-bond acceptors (Lipinski definition) is 15. The lowest BCUT2D eigenvalue weighted by atomic mass is 9.95. The lowest BCUT2D eigenvalue weighted by Gasteiger charge is -2.10. The van der Waals surface area contributed by atoms with Crippen molar-refractivity contribution in [3.05, 3.63) is 215 Å². The van der Waals surface area contributed by atoms with Crippen LogP contribution >= 0.6 is 0 Å². The molecule has 0 saturated heterocycles. The quantitative estimate of drug-likeness (QED) is 0.0218. The van der Waals surface area contributed by atoms with E-state index in [1.807, 2.05) is 24.3 Å². The number of unbranched alkanes of at least 4 members (excludes halogenated alkanes) is 14. The Bertz CT molecular complexity index is 4780. The molecule has 0 aliphatic heterocycles. The fourth-order valence-electron chi connectivity index (χ4n) is 12.1. The molecule has 12 rings (SSSR count). The number of aromatic nitrogens is 1. The van der Waals surface area contributed by atoms with Crippen LogP contribution in [0.25, 0.3) is 91.9 Å². The zero-order chi connectivity index (χ0) is 61.6. The van der Waals surface area contributed by atoms with E-state index in [1.165, 1.54) is 157 Å². The molecule has 0 radical (unpaired) electrons. The maximum absolute atomic E-state index is 13.5. The van der Waals surface area contributed by atoms with E-state index in [4.69, 9.17) is 5.73 Å². The Hall–Kier alpha value is -9.80. The molecule has 0 amide bonds. The SMILES string of the molecule is CCCCCCCCCCc1ccc(-n2c(=O)c3cc4c(O)c5c(=O)c6ccccc6c(=O)c5c(O)c4cc3c2=O)cc1.CCCCCCCCCCc1ccc(N)cc1.O=c1oc(=O)c2cc3c(O)c4c(=O)c5ccccc5c(=O)c4c(O)c3cc12.[OH-]. The molecule has 0 saturated carbocycles. The number of nitrogens with two attached hydrogens (primary N) is 1. The van der Waals surface area contributed by atoms with Gasteiger partial charge in [-0.15, -0.1) is 0 Å². The van der Waals surface area contributed by atoms with E-state index in [0.29, 0.717) is 5.69 Å². The number of benzene rings is 10. The third kappa shape index (κ3) is 12.2. The number of fused-ring (bicyclic) bond motifs is 8. The maximum atomic E-state index is 13.5. The number of hydrogen-bond donors (Lipinski definition) is 5. The molecular formula is C72H69N2O14-. The fraction of sp³-hybridized carbons (Fsp3) is 0.278. The second-order valence-corrected chi connectivity index (χ2v) is 22.7. The molecule has 7 N–H and O–H groups in total. The standard InChI is InChI=1S/C36H33NO6.C20H8O7.C16H27N.H2O/c1-2-3-4-5-6-7-8-9-12-21-15-17-22(18-16-21)37-35(42)27-19-25-26(20-28(27)36(37)43)34(41)30-29(33(25)40)31(38)23-13-10-11-14-24(23)32(30)39;21-15-7-3-1-2-4-8(7)16(22)14-13(15)17(23)9-5-11-12(6-10(9)18(14)24)20(26)27-19(11)25;1-2-3-4-5-6-7-8-9-10-15-11-13-16(17)14-12-15;/h10-11,13-20,40-41H,2-9,12H2,1H3;1-6,23-24H;11-14H,2-10,17H2,1H3;1H2/p-1. The van der Waals surface area contributed by atoms with Crippen LogP contribution in [-0.4, -0.2) is 30.5 Å². The zero-order valence-electron chi connectivity index (χ0n) is 49.2. The third-order valence-corrected chi connectivity index (χ3v) is 16.8. The van der Waals surface area contributed by atoms with Gasteiger partial charge in [0, 0.05) is 48.8 Å². The van der Waals surface area contributed by atoms with E-state index < -0.39 is 67.1 Å². The molecule has 0 fully saturated rings. The van der Waals surface area contributed by atoms with Crippen molar-refractivity contribution in [2.45, 2.75) is 129 Å². The minimum absolute atomic E-state index is 0. The Morgan fingerprint density at radius 3 is 0.955 bits per heavy atom. The van der Waals surface area contributed by atoms with Crippen LogP contribution in [0.5, 0.6) is 23.0 Å². The molecule has 88 heavy (non-hydrogen) atoms. The number of nitrogen functional groups attached to an aromatic ring is 1. The van der Waals surface area contributed by atoms with Crippen LogP contribution in [0.15, 0.2) is 164 Å². The summed E-state index contributed by atoms with van der Waals surface area (Å²) in [5.41, 5.74) is 4.16. The van der Waals surface area contributed by atoms with Crippen LogP contribution in [0.1, 0.15) is 128 Å². The van der Waals surface area contributed by atoms with Gasteiger partial charge in [-0.25, -0.2) is 14.2 Å². The second-order valence-electron chi connectivity index (χ2n) is 22.7. The Balaban J connectivity index is 0.000000174. The summed E-state index contributed by atoms with van der Waals surface area (Å²) in [7, 11) is 0. The second kappa shape index (κ2) is 27.3. The van der Waals surface area contributed by atoms with Crippen LogP contribution < -0.4 is 49.8 Å². The van der Waals surface area contributed by atoms with Crippen molar-refractivity contribution in [3.8, 4) is 28.7 Å². The zero-order valence-corrected chi connectivity index (χ0v) is 49.2. The Kier molecular flexibility index (Phi) is 19.4. The number of anilines is 1. The first-order valence-corrected chi connectivity index (χ1v) is 30.1. The van der Waals surface area contributed by atoms with Gasteiger partial charge in [-0.3, -0.25) is 28.8 Å². The lowest BCUT2D eigenvalue weighted by Crippen LogP contribution is -2.23. The van der Waals surface area contributed by atoms with Crippen molar-refractivity contribution >= 4 is 91.9 Å². The number of rotatable bonds is 19. The average molecular weight is 1190 g/mol. The van der Waals surface area contributed by atoms with Crippen molar-refractivity contribution < 1.29 is 30.3 Å². The van der Waals surface area contributed by atoms with Crippen molar-refractivity contribution in [2.75, 3.05) is 5.73 Å². The Labute approximate surface area is 503 Å². The van der Waals surface area contributed by atoms with Gasteiger partial charge >= 0.3 is 11.3 Å². The molecule has 452 valence electrons. The largest absolute Gasteiger partial charge is 0.870 e. The molecule has 16 nitrogen and oxygen atoms in total. The van der Waals surface area contributed by atoms with Crippen LogP contribution in [0, 0.1) is 0 Å². The van der Waals surface area contributed by atoms with E-state index in [2.05, 4.69) is 30.4 Å². The van der Waals surface area contributed by atoms with Gasteiger partial charge in [-0.1, -0.05) is 177 Å². The van der Waals surface area contributed by atoms with Crippen molar-refractivity contribution in [1.29, 1.82) is 0 Å². The highest BCUT2D eigenvalue weighted by Crippen LogP contribution is 2.42. The number of phenolic OH excluding ortho intramolecular Hbond substituents is 4. The van der Waals surface area contributed by atoms with E-state index in [1.54, 1.807) is 36.4 Å². The number of aryl methyl sites for hydroxylation is 2. The number of phenols is 4. The van der Waals surface area contributed by atoms with Crippen LogP contribution in [0.4, 0.5) is 5.69 Å². The van der Waals surface area contributed by atoms with E-state index >= 15 is 0 Å². The van der Waals surface area contributed by atoms with E-state index in [0.717, 1.165) is 28.7 Å². The minimum atomic E-state index is -0.888. The Morgan fingerprint density at radius 2 is 0.636 bits per heavy atom. The molecule has 2 aromatic heterocycles. The molecule has 2 heterocycles. The normalized spacial score (nSPS) is 11.5. The van der Waals surface area contributed by atoms with Gasteiger partial charge in [-0.2, -0.15) is 0 Å². The molecule has 0 unspecified atom stereocenters. The smallest absolute Gasteiger partial charge is 0.346 e. The lowest BCUT2D eigenvalue weighted by molar-refractivity contribution is 0.478. The summed E-state index contributed by atoms with van der Waals surface area (Å²) in [6.45, 7) is 4.49. The van der Waals surface area contributed by atoms with Crippen molar-refractivity contribution in [3.63, 3.8) is 0 Å². The number of furan rings is 1. The summed E-state index contributed by atoms with van der Waals surface area (Å²) in [5.74, 6) is -2.11. The van der Waals surface area contributed by atoms with Crippen molar-refractivity contribution in [1.82, 2.24) is 4.57 Å². The highest BCUT2D eigenvalue weighted by molar-refractivity contribution is 6.18. The molecule has 0 aliphatic carbocycles. The minimum Gasteiger partial charge on any atom is -0.870 e. The first-order valence-electron chi connectivity index (χ1n) is 30.1. The summed E-state index contributed by atoms with van der Waals surface area (Å²) in [6, 6.07) is 32.9. The first-order chi connectivity index (χ1) is 42.1. The van der Waals surface area contributed by atoms with Crippen molar-refractivity contribution in [2.24, 2.45) is 0 Å².